The van der Waals surface area contributed by atoms with Crippen LogP contribution in [0.1, 0.15) is 16.1 Å². The maximum atomic E-state index is 12.5. The Bertz CT molecular complexity index is 1190. The number of amides is 1. The number of rotatable bonds is 5. The van der Waals surface area contributed by atoms with E-state index in [1.54, 1.807) is 28.9 Å². The number of ether oxygens (including phenoxy) is 1. The second-order valence-corrected chi connectivity index (χ2v) is 7.57. The first-order valence-corrected chi connectivity index (χ1v) is 10.1. The highest BCUT2D eigenvalue weighted by atomic mass is 79.9. The van der Waals surface area contributed by atoms with Crippen LogP contribution >= 0.6 is 27.5 Å². The molecule has 0 aliphatic rings. The Morgan fingerprint density at radius 2 is 1.93 bits per heavy atom. The summed E-state index contributed by atoms with van der Waals surface area (Å²) in [5.41, 5.74) is 2.62. The van der Waals surface area contributed by atoms with Crippen molar-refractivity contribution < 1.29 is 9.53 Å². The van der Waals surface area contributed by atoms with Gasteiger partial charge in [0, 0.05) is 16.0 Å². The summed E-state index contributed by atoms with van der Waals surface area (Å²) >= 11 is 4.60. The van der Waals surface area contributed by atoms with Crippen molar-refractivity contribution in [2.75, 3.05) is 12.4 Å². The van der Waals surface area contributed by atoms with Crippen molar-refractivity contribution >= 4 is 38.5 Å². The van der Waals surface area contributed by atoms with Gasteiger partial charge in [-0.2, -0.15) is 9.36 Å². The number of para-hydroxylation sites is 2. The first-order valence-electron chi connectivity index (χ1n) is 8.54. The van der Waals surface area contributed by atoms with Gasteiger partial charge in [0.1, 0.15) is 5.75 Å². The number of methoxy groups -OCH3 is 1. The minimum atomic E-state index is -0.321. The predicted molar refractivity (Wildman–Crippen MR) is 114 cm³/mol. The minimum Gasteiger partial charge on any atom is -0.496 e. The average Bonchev–Trinajstić information content (AvgIpc) is 3.34. The highest BCUT2D eigenvalue weighted by molar-refractivity contribution is 9.10. The number of hydrogen-bond donors (Lipinski definition) is 1. The lowest BCUT2D eigenvalue weighted by molar-refractivity contribution is 0.102. The molecule has 0 fully saturated rings. The van der Waals surface area contributed by atoms with Gasteiger partial charge in [-0.3, -0.25) is 10.1 Å². The number of hydrogen-bond acceptors (Lipinski definition) is 7. The van der Waals surface area contributed by atoms with Crippen LogP contribution in [0.5, 0.6) is 5.75 Å². The Morgan fingerprint density at radius 1 is 1.17 bits per heavy atom. The molecule has 0 bridgehead atoms. The van der Waals surface area contributed by atoms with Gasteiger partial charge in [0.25, 0.3) is 5.91 Å². The smallest absolute Gasteiger partial charge is 0.261 e. The maximum absolute atomic E-state index is 12.5. The van der Waals surface area contributed by atoms with Crippen LogP contribution in [0.4, 0.5) is 5.13 Å². The minimum absolute atomic E-state index is 0.321. The third kappa shape index (κ3) is 3.76. The molecule has 8 nitrogen and oxygen atoms in total. The third-order valence-corrected chi connectivity index (χ3v) is 5.49. The summed E-state index contributed by atoms with van der Waals surface area (Å²) < 4.78 is 12.2. The van der Waals surface area contributed by atoms with Crippen molar-refractivity contribution in [2.24, 2.45) is 0 Å². The molecule has 2 aromatic heterocycles. The van der Waals surface area contributed by atoms with Gasteiger partial charge in [0.15, 0.2) is 11.5 Å². The summed E-state index contributed by atoms with van der Waals surface area (Å²) in [6.07, 6.45) is 0. The molecule has 29 heavy (non-hydrogen) atoms. The normalized spacial score (nSPS) is 10.7. The van der Waals surface area contributed by atoms with Crippen LogP contribution in [0, 0.1) is 6.92 Å². The molecule has 0 atom stereocenters. The van der Waals surface area contributed by atoms with Gasteiger partial charge in [-0.1, -0.05) is 29.5 Å². The van der Waals surface area contributed by atoms with Crippen LogP contribution in [0.25, 0.3) is 17.2 Å². The van der Waals surface area contributed by atoms with Gasteiger partial charge < -0.3 is 4.74 Å². The van der Waals surface area contributed by atoms with Crippen molar-refractivity contribution in [1.82, 2.24) is 24.4 Å². The lowest BCUT2D eigenvalue weighted by atomic mass is 10.2. The molecule has 2 heterocycles. The summed E-state index contributed by atoms with van der Waals surface area (Å²) in [4.78, 5) is 16.9. The zero-order valence-corrected chi connectivity index (χ0v) is 17.9. The lowest BCUT2D eigenvalue weighted by Gasteiger charge is -2.06. The molecule has 10 heteroatoms. The molecule has 0 saturated carbocycles. The van der Waals surface area contributed by atoms with Crippen LogP contribution < -0.4 is 10.1 Å². The second kappa shape index (κ2) is 8.10. The zero-order chi connectivity index (χ0) is 20.4. The Labute approximate surface area is 178 Å². The Hall–Kier alpha value is -3.11. The Morgan fingerprint density at radius 3 is 2.72 bits per heavy atom. The van der Waals surface area contributed by atoms with Crippen molar-refractivity contribution in [2.45, 2.75) is 6.92 Å². The first kappa shape index (κ1) is 19.2. The van der Waals surface area contributed by atoms with Gasteiger partial charge in [-0.15, -0.1) is 5.10 Å². The highest BCUT2D eigenvalue weighted by Crippen LogP contribution is 2.27. The summed E-state index contributed by atoms with van der Waals surface area (Å²) in [5, 5.41) is 11.6. The maximum Gasteiger partial charge on any atom is 0.261 e. The van der Waals surface area contributed by atoms with E-state index in [0.717, 1.165) is 27.4 Å². The van der Waals surface area contributed by atoms with E-state index < -0.39 is 0 Å². The fourth-order valence-electron chi connectivity index (χ4n) is 2.76. The lowest BCUT2D eigenvalue weighted by Crippen LogP contribution is -2.12. The number of aromatic nitrogens is 5. The summed E-state index contributed by atoms with van der Waals surface area (Å²) in [6.45, 7) is 1.89. The molecular weight excluding hydrogens is 456 g/mol. The molecule has 0 saturated heterocycles. The second-order valence-electron chi connectivity index (χ2n) is 5.96. The molecule has 0 unspecified atom stereocenters. The van der Waals surface area contributed by atoms with Crippen LogP contribution in [0.3, 0.4) is 0 Å². The van der Waals surface area contributed by atoms with Crippen LogP contribution in [0.15, 0.2) is 53.0 Å². The topological polar surface area (TPSA) is 94.8 Å². The summed E-state index contributed by atoms with van der Waals surface area (Å²) in [5.74, 6) is 0.571. The van der Waals surface area contributed by atoms with Crippen LogP contribution in [-0.2, 0) is 0 Å². The van der Waals surface area contributed by atoms with E-state index in [4.69, 9.17) is 4.74 Å². The number of anilines is 1. The molecule has 0 radical (unpaired) electrons. The number of nitrogens with zero attached hydrogens (tertiary/aromatic N) is 5. The predicted octanol–water partition coefficient (Wildman–Crippen LogP) is 4.12. The monoisotopic (exact) mass is 470 g/mol. The molecule has 0 aliphatic heterocycles. The van der Waals surface area contributed by atoms with Gasteiger partial charge in [0.2, 0.25) is 5.13 Å². The van der Waals surface area contributed by atoms with Gasteiger partial charge in [-0.05, 0) is 47.1 Å². The molecule has 1 N–H and O–H groups in total. The number of carbonyl (C=O) groups is 1. The Kier molecular flexibility index (Phi) is 5.36. The third-order valence-electron chi connectivity index (χ3n) is 4.19. The van der Waals surface area contributed by atoms with Crippen molar-refractivity contribution in [3.05, 3.63) is 64.3 Å². The standard InChI is InChI=1S/C19H15BrN6O2S/c1-11-16(23-25-26(11)14-9-5-4-8-13(14)20)17-21-19(29-24-17)22-18(27)12-7-3-6-10-15(12)28-2/h3-10H,1-2H3,(H,21,22,24,27). The van der Waals surface area contributed by atoms with Gasteiger partial charge in [-0.25, -0.2) is 4.68 Å². The van der Waals surface area contributed by atoms with E-state index in [9.17, 15) is 4.79 Å². The van der Waals surface area contributed by atoms with E-state index in [1.807, 2.05) is 31.2 Å². The van der Waals surface area contributed by atoms with E-state index in [-0.39, 0.29) is 5.91 Å². The first-order chi connectivity index (χ1) is 14.1. The van der Waals surface area contributed by atoms with Crippen molar-refractivity contribution in [3.8, 4) is 23.0 Å². The average molecular weight is 471 g/mol. The SMILES string of the molecule is COc1ccccc1C(=O)Nc1nc(-c2nnn(-c3ccccc3Br)c2C)ns1. The van der Waals surface area contributed by atoms with Crippen molar-refractivity contribution in [3.63, 3.8) is 0 Å². The molecule has 4 aromatic rings. The summed E-state index contributed by atoms with van der Waals surface area (Å²) in [6, 6.07) is 14.7. The Balaban J connectivity index is 1.59. The quantitative estimate of drug-likeness (QED) is 0.471. The zero-order valence-electron chi connectivity index (χ0n) is 15.5. The van der Waals surface area contributed by atoms with Crippen LogP contribution in [-0.4, -0.2) is 37.4 Å². The molecule has 2 aromatic carbocycles. The molecule has 0 spiro atoms. The summed E-state index contributed by atoms with van der Waals surface area (Å²) in [7, 11) is 1.52. The fraction of sp³-hybridized carbons (Fsp3) is 0.105. The highest BCUT2D eigenvalue weighted by Gasteiger charge is 2.19. The van der Waals surface area contributed by atoms with E-state index in [1.165, 1.54) is 7.11 Å². The van der Waals surface area contributed by atoms with E-state index in [2.05, 4.69) is 40.9 Å². The fourth-order valence-corrected chi connectivity index (χ4v) is 3.77. The largest absolute Gasteiger partial charge is 0.496 e. The van der Waals surface area contributed by atoms with Crippen molar-refractivity contribution in [1.29, 1.82) is 0 Å². The van der Waals surface area contributed by atoms with Crippen LogP contribution in [0.2, 0.25) is 0 Å². The van der Waals surface area contributed by atoms with E-state index >= 15 is 0 Å². The van der Waals surface area contributed by atoms with Gasteiger partial charge >= 0.3 is 0 Å². The molecule has 146 valence electrons. The number of benzene rings is 2. The molecule has 1 amide bonds. The number of carbonyl (C=O) groups excluding carboxylic acids is 1. The number of nitrogens with one attached hydrogen (secondary N) is 1. The van der Waals surface area contributed by atoms with E-state index in [0.29, 0.717) is 28.0 Å². The molecule has 4 rings (SSSR count). The molecule has 0 aliphatic carbocycles. The number of halogens is 1. The molecular formula is C19H15BrN6O2S. The van der Waals surface area contributed by atoms with Gasteiger partial charge in [0.05, 0.1) is 24.1 Å².